The second kappa shape index (κ2) is 6.61. The van der Waals surface area contributed by atoms with E-state index in [1.807, 2.05) is 6.92 Å². The van der Waals surface area contributed by atoms with E-state index in [-0.39, 0.29) is 0 Å². The van der Waals surface area contributed by atoms with E-state index in [1.54, 1.807) is 42.5 Å². The van der Waals surface area contributed by atoms with Crippen LogP contribution < -0.4 is 10.6 Å². The summed E-state index contributed by atoms with van der Waals surface area (Å²) in [5.41, 5.74) is 1.71. The molecule has 0 heterocycles. The Kier molecular flexibility index (Phi) is 4.83. The van der Waals surface area contributed by atoms with Gasteiger partial charge in [0.2, 0.25) is 0 Å². The van der Waals surface area contributed by atoms with Crippen LogP contribution in [0.15, 0.2) is 42.5 Å². The number of aryl methyl sites for hydroxylation is 1. The maximum absolute atomic E-state index is 11.8. The van der Waals surface area contributed by atoms with E-state index in [2.05, 4.69) is 10.6 Å². The Morgan fingerprint density at radius 3 is 2.24 bits per heavy atom. The third-order valence-electron chi connectivity index (χ3n) is 2.76. The quantitative estimate of drug-likeness (QED) is 0.824. The first-order chi connectivity index (χ1) is 9.97. The summed E-state index contributed by atoms with van der Waals surface area (Å²) in [5.74, 6) is -1.60. The largest absolute Gasteiger partial charge is 0.318 e. The fourth-order valence-electron chi connectivity index (χ4n) is 1.60. The first kappa shape index (κ1) is 15.4. The van der Waals surface area contributed by atoms with Crippen molar-refractivity contribution in [3.8, 4) is 0 Å². The van der Waals surface area contributed by atoms with Gasteiger partial charge in [0, 0.05) is 10.7 Å². The highest BCUT2D eigenvalue weighted by Gasteiger charge is 2.15. The lowest BCUT2D eigenvalue weighted by Crippen LogP contribution is -2.29. The lowest BCUT2D eigenvalue weighted by molar-refractivity contribution is -0.132. The third kappa shape index (κ3) is 3.97. The van der Waals surface area contributed by atoms with Gasteiger partial charge in [-0.25, -0.2) is 0 Å². The molecule has 6 heteroatoms. The average molecular weight is 323 g/mol. The fraction of sp³-hybridized carbons (Fsp3) is 0.0667. The number of nitrogens with one attached hydrogen (secondary N) is 2. The summed E-state index contributed by atoms with van der Waals surface area (Å²) in [5, 5.41) is 5.78. The smallest absolute Gasteiger partial charge is 0.314 e. The molecule has 0 saturated carbocycles. The topological polar surface area (TPSA) is 58.2 Å². The molecule has 2 rings (SSSR count). The minimum atomic E-state index is -0.806. The summed E-state index contributed by atoms with van der Waals surface area (Å²) in [4.78, 5) is 23.6. The number of benzene rings is 2. The van der Waals surface area contributed by atoms with Crippen LogP contribution in [0.25, 0.3) is 0 Å². The average Bonchev–Trinajstić information content (AvgIpc) is 2.45. The highest BCUT2D eigenvalue weighted by molar-refractivity contribution is 6.45. The van der Waals surface area contributed by atoms with Gasteiger partial charge in [0.05, 0.1) is 10.7 Å². The van der Waals surface area contributed by atoms with Gasteiger partial charge in [0.25, 0.3) is 0 Å². The Hall–Kier alpha value is -2.04. The molecule has 0 unspecified atom stereocenters. The molecule has 0 bridgehead atoms. The van der Waals surface area contributed by atoms with Crippen molar-refractivity contribution in [2.24, 2.45) is 0 Å². The molecular formula is C15H12Cl2N2O2. The highest BCUT2D eigenvalue weighted by atomic mass is 35.5. The standard InChI is InChI=1S/C15H12Cl2N2O2/c1-9-6-7-10(8-12(9)17)18-14(20)15(21)19-13-5-3-2-4-11(13)16/h2-8H,1H3,(H,18,20)(H,19,21). The number of carbonyl (C=O) groups excluding carboxylic acids is 2. The van der Waals surface area contributed by atoms with Crippen LogP contribution in [0.2, 0.25) is 10.0 Å². The minimum absolute atomic E-state index is 0.358. The van der Waals surface area contributed by atoms with Gasteiger partial charge in [0.15, 0.2) is 0 Å². The summed E-state index contributed by atoms with van der Waals surface area (Å²) in [6, 6.07) is 11.7. The molecule has 2 aromatic rings. The van der Waals surface area contributed by atoms with Crippen molar-refractivity contribution in [1.29, 1.82) is 0 Å². The molecule has 0 aliphatic rings. The normalized spacial score (nSPS) is 10.0. The van der Waals surface area contributed by atoms with E-state index in [4.69, 9.17) is 23.2 Å². The van der Waals surface area contributed by atoms with Crippen molar-refractivity contribution in [2.45, 2.75) is 6.92 Å². The second-order valence-electron chi connectivity index (χ2n) is 4.35. The van der Waals surface area contributed by atoms with E-state index < -0.39 is 11.8 Å². The molecule has 4 nitrogen and oxygen atoms in total. The van der Waals surface area contributed by atoms with Crippen LogP contribution in [0.3, 0.4) is 0 Å². The first-order valence-corrected chi connectivity index (χ1v) is 6.86. The number of rotatable bonds is 2. The molecule has 0 fully saturated rings. The van der Waals surface area contributed by atoms with Crippen molar-refractivity contribution in [1.82, 2.24) is 0 Å². The molecular weight excluding hydrogens is 311 g/mol. The highest BCUT2D eigenvalue weighted by Crippen LogP contribution is 2.21. The third-order valence-corrected chi connectivity index (χ3v) is 3.49. The second-order valence-corrected chi connectivity index (χ2v) is 5.17. The minimum Gasteiger partial charge on any atom is -0.318 e. The summed E-state index contributed by atoms with van der Waals surface area (Å²) in [7, 11) is 0. The van der Waals surface area contributed by atoms with Crippen molar-refractivity contribution in [3.63, 3.8) is 0 Å². The van der Waals surface area contributed by atoms with Gasteiger partial charge in [-0.15, -0.1) is 0 Å². The van der Waals surface area contributed by atoms with E-state index in [0.717, 1.165) is 5.56 Å². The molecule has 2 aromatic carbocycles. The number of hydrogen-bond donors (Lipinski definition) is 2. The fourth-order valence-corrected chi connectivity index (χ4v) is 1.96. The van der Waals surface area contributed by atoms with E-state index >= 15 is 0 Å². The molecule has 2 amide bonds. The van der Waals surface area contributed by atoms with Crippen LogP contribution in [-0.2, 0) is 9.59 Å². The van der Waals surface area contributed by atoms with Crippen LogP contribution in [0.5, 0.6) is 0 Å². The molecule has 0 spiro atoms. The number of carbonyl (C=O) groups is 2. The van der Waals surface area contributed by atoms with Crippen LogP contribution in [0.1, 0.15) is 5.56 Å². The zero-order valence-corrected chi connectivity index (χ0v) is 12.6. The number of para-hydroxylation sites is 1. The van der Waals surface area contributed by atoms with Crippen LogP contribution >= 0.6 is 23.2 Å². The number of hydrogen-bond acceptors (Lipinski definition) is 2. The van der Waals surface area contributed by atoms with Gasteiger partial charge in [-0.05, 0) is 36.8 Å². The molecule has 0 aromatic heterocycles. The van der Waals surface area contributed by atoms with Gasteiger partial charge in [-0.3, -0.25) is 9.59 Å². The zero-order valence-electron chi connectivity index (χ0n) is 11.1. The maximum Gasteiger partial charge on any atom is 0.314 e. The Bertz CT molecular complexity index is 702. The SMILES string of the molecule is Cc1ccc(NC(=O)C(=O)Nc2ccccc2Cl)cc1Cl. The van der Waals surface area contributed by atoms with E-state index in [1.165, 1.54) is 0 Å². The van der Waals surface area contributed by atoms with Gasteiger partial charge in [-0.1, -0.05) is 41.4 Å². The molecule has 0 radical (unpaired) electrons. The summed E-state index contributed by atoms with van der Waals surface area (Å²) in [6.45, 7) is 1.85. The van der Waals surface area contributed by atoms with Crippen molar-refractivity contribution < 1.29 is 9.59 Å². The predicted molar refractivity (Wildman–Crippen MR) is 84.9 cm³/mol. The molecule has 21 heavy (non-hydrogen) atoms. The van der Waals surface area contributed by atoms with Gasteiger partial charge < -0.3 is 10.6 Å². The van der Waals surface area contributed by atoms with Gasteiger partial charge in [0.1, 0.15) is 0 Å². The van der Waals surface area contributed by atoms with Crippen LogP contribution in [0.4, 0.5) is 11.4 Å². The Balaban J connectivity index is 2.04. The van der Waals surface area contributed by atoms with Crippen molar-refractivity contribution in [3.05, 3.63) is 58.1 Å². The summed E-state index contributed by atoms with van der Waals surface area (Å²) >= 11 is 11.9. The number of amides is 2. The van der Waals surface area contributed by atoms with E-state index in [9.17, 15) is 9.59 Å². The number of anilines is 2. The predicted octanol–water partition coefficient (Wildman–Crippen LogP) is 3.88. The lowest BCUT2D eigenvalue weighted by Gasteiger charge is -2.08. The lowest BCUT2D eigenvalue weighted by atomic mass is 10.2. The van der Waals surface area contributed by atoms with Crippen LogP contribution in [-0.4, -0.2) is 11.8 Å². The Labute approximate surface area is 132 Å². The summed E-state index contributed by atoms with van der Waals surface area (Å²) < 4.78 is 0. The maximum atomic E-state index is 11.8. The van der Waals surface area contributed by atoms with Crippen molar-refractivity contribution in [2.75, 3.05) is 10.6 Å². The monoisotopic (exact) mass is 322 g/mol. The molecule has 0 aliphatic heterocycles. The first-order valence-electron chi connectivity index (χ1n) is 6.10. The molecule has 2 N–H and O–H groups in total. The summed E-state index contributed by atoms with van der Waals surface area (Å²) in [6.07, 6.45) is 0. The number of halogens is 2. The van der Waals surface area contributed by atoms with Gasteiger partial charge >= 0.3 is 11.8 Å². The molecule has 108 valence electrons. The van der Waals surface area contributed by atoms with Crippen molar-refractivity contribution >= 4 is 46.4 Å². The molecule has 0 aliphatic carbocycles. The van der Waals surface area contributed by atoms with Crippen LogP contribution in [0, 0.1) is 6.92 Å². The zero-order chi connectivity index (χ0) is 15.4. The Morgan fingerprint density at radius 2 is 1.57 bits per heavy atom. The molecule has 0 saturated heterocycles. The van der Waals surface area contributed by atoms with Gasteiger partial charge in [-0.2, -0.15) is 0 Å². The van der Waals surface area contributed by atoms with E-state index in [0.29, 0.717) is 21.4 Å². The molecule has 0 atom stereocenters. The Morgan fingerprint density at radius 1 is 0.905 bits per heavy atom.